The Labute approximate surface area is 125 Å². The van der Waals surface area contributed by atoms with Crippen molar-refractivity contribution in [1.82, 2.24) is 0 Å². The van der Waals surface area contributed by atoms with Gasteiger partial charge in [0.2, 0.25) is 0 Å². The van der Waals surface area contributed by atoms with Crippen molar-refractivity contribution in [2.24, 2.45) is 17.4 Å². The van der Waals surface area contributed by atoms with E-state index in [1.807, 2.05) is 24.3 Å². The smallest absolute Gasteiger partial charge is 0.117 e. The van der Waals surface area contributed by atoms with Gasteiger partial charge in [0.15, 0.2) is 0 Å². The summed E-state index contributed by atoms with van der Waals surface area (Å²) in [5, 5.41) is 0. The van der Waals surface area contributed by atoms with Crippen molar-refractivity contribution in [2.45, 2.75) is 51.1 Å². The summed E-state index contributed by atoms with van der Waals surface area (Å²) in [6.45, 7) is 0.868. The summed E-state index contributed by atoms with van der Waals surface area (Å²) in [4.78, 5) is 0. The first-order valence-electron chi connectivity index (χ1n) is 7.89. The minimum absolute atomic E-state index is 0.186. The lowest BCUT2D eigenvalue weighted by molar-refractivity contribution is 0.270. The Hall–Kier alpha value is -1.52. The molecule has 0 amide bonds. The zero-order valence-corrected chi connectivity index (χ0v) is 12.4. The van der Waals surface area contributed by atoms with Gasteiger partial charge in [0, 0.05) is 0 Å². The molecular weight excluding hydrogens is 264 g/mol. The molecule has 2 aromatic rings. The molecule has 1 aliphatic carbocycles. The monoisotopic (exact) mass is 288 g/mol. The molecule has 114 valence electrons. The van der Waals surface area contributed by atoms with Gasteiger partial charge in [0.25, 0.3) is 0 Å². The molecule has 0 radical (unpaired) electrons. The number of furan rings is 2. The molecule has 3 rings (SSSR count). The van der Waals surface area contributed by atoms with Crippen LogP contribution in [0.2, 0.25) is 0 Å². The van der Waals surface area contributed by atoms with Gasteiger partial charge in [-0.15, -0.1) is 0 Å². The zero-order valence-electron chi connectivity index (χ0n) is 12.4. The van der Waals surface area contributed by atoms with Gasteiger partial charge in [-0.1, -0.05) is 19.3 Å². The van der Waals surface area contributed by atoms with Crippen LogP contribution in [0.1, 0.15) is 61.1 Å². The van der Waals surface area contributed by atoms with Gasteiger partial charge in [-0.05, 0) is 43.0 Å². The Morgan fingerprint density at radius 2 is 1.38 bits per heavy atom. The number of rotatable bonds is 5. The average molecular weight is 288 g/mol. The minimum Gasteiger partial charge on any atom is -0.464 e. The highest BCUT2D eigenvalue weighted by molar-refractivity contribution is 5.24. The number of hydrogen-bond donors (Lipinski definition) is 2. The van der Waals surface area contributed by atoms with Crippen molar-refractivity contribution in [1.29, 1.82) is 0 Å². The van der Waals surface area contributed by atoms with E-state index in [4.69, 9.17) is 20.3 Å². The van der Waals surface area contributed by atoms with Gasteiger partial charge in [-0.3, -0.25) is 0 Å². The largest absolute Gasteiger partial charge is 0.464 e. The van der Waals surface area contributed by atoms with Crippen LogP contribution in [0.4, 0.5) is 0 Å². The number of nitrogens with two attached hydrogens (primary N) is 2. The Balaban J connectivity index is 1.92. The molecule has 21 heavy (non-hydrogen) atoms. The van der Waals surface area contributed by atoms with Crippen LogP contribution in [0, 0.1) is 5.92 Å². The highest BCUT2D eigenvalue weighted by atomic mass is 16.4. The fourth-order valence-corrected chi connectivity index (χ4v) is 3.42. The highest BCUT2D eigenvalue weighted by Crippen LogP contribution is 2.41. The van der Waals surface area contributed by atoms with Crippen LogP contribution in [0.5, 0.6) is 0 Å². The van der Waals surface area contributed by atoms with Crippen molar-refractivity contribution in [2.75, 3.05) is 0 Å². The molecule has 4 N–H and O–H groups in total. The molecule has 1 saturated carbocycles. The molecule has 4 heteroatoms. The van der Waals surface area contributed by atoms with Crippen LogP contribution >= 0.6 is 0 Å². The molecule has 1 fully saturated rings. The Morgan fingerprint density at radius 3 is 1.81 bits per heavy atom. The van der Waals surface area contributed by atoms with E-state index in [0.29, 0.717) is 19.0 Å². The standard InChI is InChI=1S/C17H24N2O2/c18-10-13-6-8-15(20-13)17(12-4-2-1-3-5-12)16-9-7-14(11-19)21-16/h6-9,12,17H,1-5,10-11,18-19H2. The Morgan fingerprint density at radius 1 is 0.857 bits per heavy atom. The van der Waals surface area contributed by atoms with E-state index in [2.05, 4.69) is 0 Å². The summed E-state index contributed by atoms with van der Waals surface area (Å²) in [5.74, 6) is 4.37. The second-order valence-corrected chi connectivity index (χ2v) is 5.89. The predicted molar refractivity (Wildman–Crippen MR) is 81.6 cm³/mol. The first kappa shape index (κ1) is 14.4. The molecule has 0 bridgehead atoms. The van der Waals surface area contributed by atoms with E-state index < -0.39 is 0 Å². The van der Waals surface area contributed by atoms with Crippen LogP contribution < -0.4 is 11.5 Å². The molecule has 4 nitrogen and oxygen atoms in total. The molecule has 0 saturated heterocycles. The third-order valence-corrected chi connectivity index (χ3v) is 4.50. The normalized spacial score (nSPS) is 16.7. The minimum atomic E-state index is 0.186. The lowest BCUT2D eigenvalue weighted by Gasteiger charge is -2.27. The van der Waals surface area contributed by atoms with Gasteiger partial charge >= 0.3 is 0 Å². The van der Waals surface area contributed by atoms with Crippen LogP contribution in [-0.2, 0) is 13.1 Å². The molecule has 0 aromatic carbocycles. The lowest BCUT2D eigenvalue weighted by Crippen LogP contribution is -2.16. The van der Waals surface area contributed by atoms with Gasteiger partial charge < -0.3 is 20.3 Å². The number of hydrogen-bond acceptors (Lipinski definition) is 4. The second kappa shape index (κ2) is 6.50. The van der Waals surface area contributed by atoms with Gasteiger partial charge in [0.05, 0.1) is 19.0 Å². The Bertz CT molecular complexity index is 525. The van der Waals surface area contributed by atoms with Crippen LogP contribution in [0.3, 0.4) is 0 Å². The predicted octanol–water partition coefficient (Wildman–Crippen LogP) is 3.50. The SMILES string of the molecule is NCc1ccc(C(c2ccc(CN)o2)C2CCCCC2)o1. The third kappa shape index (κ3) is 3.06. The summed E-state index contributed by atoms with van der Waals surface area (Å²) in [6, 6.07) is 8.04. The van der Waals surface area contributed by atoms with Gasteiger partial charge in [0.1, 0.15) is 23.0 Å². The van der Waals surface area contributed by atoms with Crippen LogP contribution in [0.15, 0.2) is 33.1 Å². The van der Waals surface area contributed by atoms with Crippen molar-refractivity contribution in [3.8, 4) is 0 Å². The molecule has 2 aromatic heterocycles. The van der Waals surface area contributed by atoms with E-state index in [9.17, 15) is 0 Å². The zero-order chi connectivity index (χ0) is 14.7. The second-order valence-electron chi connectivity index (χ2n) is 5.89. The molecule has 0 unspecified atom stereocenters. The maximum absolute atomic E-state index is 5.93. The first-order valence-corrected chi connectivity index (χ1v) is 7.89. The van der Waals surface area contributed by atoms with Crippen LogP contribution in [0.25, 0.3) is 0 Å². The van der Waals surface area contributed by atoms with Crippen molar-refractivity contribution >= 4 is 0 Å². The van der Waals surface area contributed by atoms with Gasteiger partial charge in [-0.2, -0.15) is 0 Å². The molecule has 1 aliphatic rings. The first-order chi connectivity index (χ1) is 10.3. The van der Waals surface area contributed by atoms with E-state index in [1.165, 1.54) is 32.1 Å². The van der Waals surface area contributed by atoms with E-state index in [0.717, 1.165) is 23.0 Å². The summed E-state index contributed by atoms with van der Waals surface area (Å²) < 4.78 is 11.9. The molecule has 0 spiro atoms. The van der Waals surface area contributed by atoms with Crippen LogP contribution in [-0.4, -0.2) is 0 Å². The fraction of sp³-hybridized carbons (Fsp3) is 0.529. The lowest BCUT2D eigenvalue weighted by atomic mass is 9.78. The third-order valence-electron chi connectivity index (χ3n) is 4.50. The summed E-state index contributed by atoms with van der Waals surface area (Å²) >= 11 is 0. The maximum Gasteiger partial charge on any atom is 0.117 e. The van der Waals surface area contributed by atoms with E-state index in [1.54, 1.807) is 0 Å². The quantitative estimate of drug-likeness (QED) is 0.882. The molecule has 0 aliphatic heterocycles. The Kier molecular flexibility index (Phi) is 4.46. The fourth-order valence-electron chi connectivity index (χ4n) is 3.42. The van der Waals surface area contributed by atoms with Crippen molar-refractivity contribution in [3.05, 3.63) is 47.3 Å². The van der Waals surface area contributed by atoms with E-state index >= 15 is 0 Å². The van der Waals surface area contributed by atoms with Gasteiger partial charge in [-0.25, -0.2) is 0 Å². The highest BCUT2D eigenvalue weighted by Gasteiger charge is 2.31. The van der Waals surface area contributed by atoms with Crippen molar-refractivity contribution in [3.63, 3.8) is 0 Å². The molecular formula is C17H24N2O2. The summed E-state index contributed by atoms with van der Waals surface area (Å²) in [6.07, 6.45) is 6.36. The maximum atomic E-state index is 5.93. The molecule has 0 atom stereocenters. The topological polar surface area (TPSA) is 78.3 Å². The average Bonchev–Trinajstić information content (AvgIpc) is 3.18. The van der Waals surface area contributed by atoms with Crippen molar-refractivity contribution < 1.29 is 8.83 Å². The van der Waals surface area contributed by atoms with E-state index in [-0.39, 0.29) is 5.92 Å². The summed E-state index contributed by atoms with van der Waals surface area (Å²) in [7, 11) is 0. The molecule has 2 heterocycles. The summed E-state index contributed by atoms with van der Waals surface area (Å²) in [5.41, 5.74) is 11.3.